The summed E-state index contributed by atoms with van der Waals surface area (Å²) in [7, 11) is 0. The van der Waals surface area contributed by atoms with E-state index in [0.29, 0.717) is 25.7 Å². The van der Waals surface area contributed by atoms with Crippen LogP contribution in [0.5, 0.6) is 0 Å². The van der Waals surface area contributed by atoms with Crippen molar-refractivity contribution >= 4 is 29.8 Å². The summed E-state index contributed by atoms with van der Waals surface area (Å²) in [5.41, 5.74) is 2.21. The summed E-state index contributed by atoms with van der Waals surface area (Å²) in [6.07, 6.45) is -4.06. The van der Waals surface area contributed by atoms with E-state index < -0.39 is 60.7 Å². The van der Waals surface area contributed by atoms with Crippen molar-refractivity contribution in [3.05, 3.63) is 11.1 Å². The number of hydrogen-bond acceptors (Lipinski definition) is 12. The van der Waals surface area contributed by atoms with Gasteiger partial charge in [-0.3, -0.25) is 24.0 Å². The Morgan fingerprint density at radius 2 is 1.37 bits per heavy atom. The predicted octanol–water partition coefficient (Wildman–Crippen LogP) is 3.32. The minimum Gasteiger partial charge on any atom is -0.463 e. The van der Waals surface area contributed by atoms with Crippen LogP contribution in [0.25, 0.3) is 0 Å². The van der Waals surface area contributed by atoms with Crippen molar-refractivity contribution in [3.63, 3.8) is 0 Å². The second-order valence-electron chi connectivity index (χ2n) is 11.3. The molecule has 2 aliphatic rings. The number of carbonyl (C=O) groups is 5. The quantitative estimate of drug-likeness (QED) is 0.199. The number of allylic oxidation sites excluding steroid dienone is 1. The van der Waals surface area contributed by atoms with E-state index in [9.17, 15) is 24.0 Å². The summed E-state index contributed by atoms with van der Waals surface area (Å²) in [5.74, 6) is -2.99. The Morgan fingerprint density at radius 1 is 0.829 bits per heavy atom. The van der Waals surface area contributed by atoms with Gasteiger partial charge in [-0.25, -0.2) is 0 Å². The van der Waals surface area contributed by atoms with E-state index in [1.807, 2.05) is 13.8 Å². The normalized spacial score (nSPS) is 28.2. The van der Waals surface area contributed by atoms with E-state index in [1.54, 1.807) is 0 Å². The molecule has 0 saturated carbocycles. The van der Waals surface area contributed by atoms with Crippen LogP contribution < -0.4 is 0 Å². The van der Waals surface area contributed by atoms with E-state index in [1.165, 1.54) is 33.3 Å². The minimum atomic E-state index is -1.28. The minimum absolute atomic E-state index is 0.169. The molecular formula is C29H44O12. The Balaban J connectivity index is 2.28. The van der Waals surface area contributed by atoms with Gasteiger partial charge in [0, 0.05) is 41.0 Å². The average molecular weight is 585 g/mol. The van der Waals surface area contributed by atoms with Crippen LogP contribution in [0.3, 0.4) is 0 Å². The zero-order valence-electron chi connectivity index (χ0n) is 25.5. The molecule has 0 amide bonds. The second-order valence-corrected chi connectivity index (χ2v) is 11.3. The lowest BCUT2D eigenvalue weighted by Gasteiger charge is -2.44. The van der Waals surface area contributed by atoms with Gasteiger partial charge < -0.3 is 33.2 Å². The number of hydrogen-bond donors (Lipinski definition) is 0. The molecule has 0 bridgehead atoms. The van der Waals surface area contributed by atoms with Crippen LogP contribution in [0, 0.1) is 5.41 Å². The maximum atomic E-state index is 12.0. The standard InChI is InChI=1S/C29H44O12/c1-15-12-22(37-18(4)31)13-29(8,9)23(15)11-10-16(2)36-28-27(40-21(7)34)26(39-20(6)33)25(38-19(5)32)24(41-28)14-35-17(3)30/h16,22,24-28H,10-14H2,1-9H3/t16-,22+,24+,25+,26-,27+,28+/m0/s1. The van der Waals surface area contributed by atoms with Crippen LogP contribution in [0.2, 0.25) is 0 Å². The van der Waals surface area contributed by atoms with Gasteiger partial charge in [0.1, 0.15) is 18.8 Å². The van der Waals surface area contributed by atoms with Crippen molar-refractivity contribution in [1.82, 2.24) is 0 Å². The number of esters is 5. The lowest BCUT2D eigenvalue weighted by molar-refractivity contribution is -0.316. The van der Waals surface area contributed by atoms with Gasteiger partial charge in [-0.1, -0.05) is 25.0 Å². The van der Waals surface area contributed by atoms with Crippen LogP contribution in [-0.4, -0.2) is 79.4 Å². The van der Waals surface area contributed by atoms with E-state index in [-0.39, 0.29) is 24.1 Å². The lowest BCUT2D eigenvalue weighted by atomic mass is 9.70. The smallest absolute Gasteiger partial charge is 0.303 e. The summed E-state index contributed by atoms with van der Waals surface area (Å²) in [6.45, 7) is 13.9. The summed E-state index contributed by atoms with van der Waals surface area (Å²) >= 11 is 0. The summed E-state index contributed by atoms with van der Waals surface area (Å²) < 4.78 is 39.2. The van der Waals surface area contributed by atoms with E-state index in [2.05, 4.69) is 13.8 Å². The second kappa shape index (κ2) is 14.8. The highest BCUT2D eigenvalue weighted by Gasteiger charge is 2.53. The Labute approximate surface area is 241 Å². The zero-order valence-corrected chi connectivity index (χ0v) is 25.5. The molecule has 0 aromatic heterocycles. The summed E-state index contributed by atoms with van der Waals surface area (Å²) in [4.78, 5) is 59.0. The average Bonchev–Trinajstić information content (AvgIpc) is 2.79. The van der Waals surface area contributed by atoms with Crippen LogP contribution in [0.4, 0.5) is 0 Å². The summed E-state index contributed by atoms with van der Waals surface area (Å²) in [6, 6.07) is 0. The molecule has 2 rings (SSSR count). The first-order valence-electron chi connectivity index (χ1n) is 13.8. The Kier molecular flexibility index (Phi) is 12.3. The van der Waals surface area contributed by atoms with Gasteiger partial charge in [-0.15, -0.1) is 0 Å². The molecule has 1 fully saturated rings. The van der Waals surface area contributed by atoms with Crippen molar-refractivity contribution in [3.8, 4) is 0 Å². The van der Waals surface area contributed by atoms with Crippen LogP contribution in [-0.2, 0) is 57.1 Å². The van der Waals surface area contributed by atoms with Gasteiger partial charge in [0.05, 0.1) is 6.10 Å². The fraction of sp³-hybridized carbons (Fsp3) is 0.759. The molecule has 0 radical (unpaired) electrons. The third-order valence-electron chi connectivity index (χ3n) is 7.05. The highest BCUT2D eigenvalue weighted by Crippen LogP contribution is 2.44. The highest BCUT2D eigenvalue weighted by atomic mass is 16.7. The van der Waals surface area contributed by atoms with Crippen molar-refractivity contribution in [2.75, 3.05) is 6.61 Å². The lowest BCUT2D eigenvalue weighted by Crippen LogP contribution is -2.63. The molecule has 12 nitrogen and oxygen atoms in total. The molecule has 0 N–H and O–H groups in total. The fourth-order valence-corrected chi connectivity index (χ4v) is 5.62. The van der Waals surface area contributed by atoms with Crippen molar-refractivity contribution < 1.29 is 57.1 Å². The zero-order chi connectivity index (χ0) is 31.1. The molecule has 232 valence electrons. The molecule has 12 heteroatoms. The monoisotopic (exact) mass is 584 g/mol. The first kappa shape index (κ1) is 34.2. The molecule has 0 unspecified atom stereocenters. The molecule has 1 saturated heterocycles. The fourth-order valence-electron chi connectivity index (χ4n) is 5.62. The highest BCUT2D eigenvalue weighted by molar-refractivity contribution is 5.69. The van der Waals surface area contributed by atoms with Gasteiger partial charge in [0.15, 0.2) is 24.6 Å². The van der Waals surface area contributed by atoms with Crippen LogP contribution >= 0.6 is 0 Å². The number of carbonyl (C=O) groups excluding carboxylic acids is 5. The van der Waals surface area contributed by atoms with Crippen LogP contribution in [0.15, 0.2) is 11.1 Å². The molecule has 0 spiro atoms. The third kappa shape index (κ3) is 10.4. The Bertz CT molecular complexity index is 1020. The van der Waals surface area contributed by atoms with E-state index in [0.717, 1.165) is 12.5 Å². The van der Waals surface area contributed by atoms with Crippen molar-refractivity contribution in [1.29, 1.82) is 0 Å². The van der Waals surface area contributed by atoms with Gasteiger partial charge in [0.25, 0.3) is 0 Å². The molecule has 1 heterocycles. The molecule has 7 atom stereocenters. The Morgan fingerprint density at radius 3 is 1.88 bits per heavy atom. The molecule has 0 aromatic rings. The first-order valence-corrected chi connectivity index (χ1v) is 13.8. The van der Waals surface area contributed by atoms with E-state index >= 15 is 0 Å². The van der Waals surface area contributed by atoms with Gasteiger partial charge in [-0.05, 0) is 38.5 Å². The maximum absolute atomic E-state index is 12.0. The van der Waals surface area contributed by atoms with Crippen LogP contribution in [0.1, 0.15) is 88.0 Å². The third-order valence-corrected chi connectivity index (χ3v) is 7.05. The molecule has 41 heavy (non-hydrogen) atoms. The maximum Gasteiger partial charge on any atom is 0.303 e. The summed E-state index contributed by atoms with van der Waals surface area (Å²) in [5, 5.41) is 0. The van der Waals surface area contributed by atoms with E-state index in [4.69, 9.17) is 33.2 Å². The largest absolute Gasteiger partial charge is 0.463 e. The van der Waals surface area contributed by atoms with Gasteiger partial charge >= 0.3 is 29.8 Å². The SMILES string of the molecule is CC(=O)OC[C@H]1O[C@@H](O[C@@H](C)CCC2=C(C)C[C@@H](OC(C)=O)CC2(C)C)[C@H](OC(C)=O)[C@@H](OC(C)=O)[C@@H]1OC(C)=O. The molecular weight excluding hydrogens is 540 g/mol. The number of ether oxygens (including phenoxy) is 7. The molecule has 1 aliphatic heterocycles. The molecule has 1 aliphatic carbocycles. The Hall–Kier alpha value is -2.99. The predicted molar refractivity (Wildman–Crippen MR) is 143 cm³/mol. The topological polar surface area (TPSA) is 150 Å². The van der Waals surface area contributed by atoms with Crippen molar-refractivity contribution in [2.24, 2.45) is 5.41 Å². The van der Waals surface area contributed by atoms with Gasteiger partial charge in [0.2, 0.25) is 0 Å². The first-order chi connectivity index (χ1) is 19.0. The molecule has 0 aromatic carbocycles. The number of rotatable bonds is 11. The van der Waals surface area contributed by atoms with Crippen molar-refractivity contribution in [2.45, 2.75) is 131 Å². The van der Waals surface area contributed by atoms with Gasteiger partial charge in [-0.2, -0.15) is 0 Å².